The first-order chi connectivity index (χ1) is 11.6. The number of imidazole rings is 1. The van der Waals surface area contributed by atoms with Crippen molar-refractivity contribution in [3.63, 3.8) is 0 Å². The lowest BCUT2D eigenvalue weighted by Crippen LogP contribution is -2.34. The average molecular weight is 327 g/mol. The van der Waals surface area contributed by atoms with Gasteiger partial charge in [-0.3, -0.25) is 13.9 Å². The SMILES string of the molecule is CCCn1c(=O)n(CC(=O)NC(C)c2ccco2)c2ccccc21. The zero-order valence-electron chi connectivity index (χ0n) is 13.9. The Hall–Kier alpha value is -2.76. The molecule has 6 nitrogen and oxygen atoms in total. The summed E-state index contributed by atoms with van der Waals surface area (Å²) in [5, 5.41) is 2.86. The maximum Gasteiger partial charge on any atom is 0.329 e. The van der Waals surface area contributed by atoms with E-state index in [1.807, 2.05) is 44.2 Å². The van der Waals surface area contributed by atoms with E-state index in [9.17, 15) is 9.59 Å². The lowest BCUT2D eigenvalue weighted by atomic mass is 10.2. The van der Waals surface area contributed by atoms with Gasteiger partial charge in [0.2, 0.25) is 5.91 Å². The molecule has 0 saturated heterocycles. The van der Waals surface area contributed by atoms with Crippen LogP contribution in [-0.2, 0) is 17.9 Å². The van der Waals surface area contributed by atoms with E-state index in [0.29, 0.717) is 12.3 Å². The fourth-order valence-electron chi connectivity index (χ4n) is 2.90. The molecule has 0 fully saturated rings. The lowest BCUT2D eigenvalue weighted by molar-refractivity contribution is -0.122. The molecule has 24 heavy (non-hydrogen) atoms. The molecule has 1 unspecified atom stereocenters. The highest BCUT2D eigenvalue weighted by Crippen LogP contribution is 2.14. The van der Waals surface area contributed by atoms with E-state index in [1.165, 1.54) is 4.57 Å². The van der Waals surface area contributed by atoms with E-state index in [1.54, 1.807) is 16.9 Å². The number of rotatable bonds is 6. The van der Waals surface area contributed by atoms with Crippen molar-refractivity contribution in [1.82, 2.24) is 14.5 Å². The Bertz CT molecular complexity index is 890. The molecule has 0 radical (unpaired) electrons. The van der Waals surface area contributed by atoms with Gasteiger partial charge in [-0.05, 0) is 37.6 Å². The Morgan fingerprint density at radius 3 is 2.50 bits per heavy atom. The second kappa shape index (κ2) is 6.78. The predicted octanol–water partition coefficient (Wildman–Crippen LogP) is 2.68. The third kappa shape index (κ3) is 2.99. The number of carbonyl (C=O) groups is 1. The molecule has 3 rings (SSSR count). The van der Waals surface area contributed by atoms with Gasteiger partial charge in [-0.2, -0.15) is 0 Å². The molecule has 2 aromatic heterocycles. The van der Waals surface area contributed by atoms with Gasteiger partial charge in [0, 0.05) is 6.54 Å². The number of para-hydroxylation sites is 2. The van der Waals surface area contributed by atoms with E-state index in [4.69, 9.17) is 4.42 Å². The zero-order chi connectivity index (χ0) is 17.1. The summed E-state index contributed by atoms with van der Waals surface area (Å²) in [4.78, 5) is 25.0. The highest BCUT2D eigenvalue weighted by atomic mass is 16.3. The molecule has 1 amide bonds. The van der Waals surface area contributed by atoms with Crippen LogP contribution in [0.1, 0.15) is 32.1 Å². The number of carbonyl (C=O) groups excluding carboxylic acids is 1. The summed E-state index contributed by atoms with van der Waals surface area (Å²) in [6.45, 7) is 4.49. The molecule has 1 N–H and O–H groups in total. The quantitative estimate of drug-likeness (QED) is 0.757. The van der Waals surface area contributed by atoms with Crippen LogP contribution in [-0.4, -0.2) is 15.0 Å². The minimum absolute atomic E-state index is 0.0128. The van der Waals surface area contributed by atoms with Crippen LogP contribution in [0.5, 0.6) is 0 Å². The molecular weight excluding hydrogens is 306 g/mol. The molecule has 2 heterocycles. The summed E-state index contributed by atoms with van der Waals surface area (Å²) >= 11 is 0. The molecular formula is C18H21N3O3. The molecule has 6 heteroatoms. The van der Waals surface area contributed by atoms with Gasteiger partial charge in [0.1, 0.15) is 12.3 Å². The van der Waals surface area contributed by atoms with Gasteiger partial charge in [-0.1, -0.05) is 19.1 Å². The number of nitrogens with one attached hydrogen (secondary N) is 1. The van der Waals surface area contributed by atoms with Crippen LogP contribution in [0.4, 0.5) is 0 Å². The number of hydrogen-bond acceptors (Lipinski definition) is 3. The van der Waals surface area contributed by atoms with Crippen LogP contribution in [0.2, 0.25) is 0 Å². The molecule has 0 aliphatic heterocycles. The monoisotopic (exact) mass is 327 g/mol. The molecule has 0 spiro atoms. The van der Waals surface area contributed by atoms with Crippen molar-refractivity contribution in [2.45, 2.75) is 39.4 Å². The normalized spacial score (nSPS) is 12.4. The Kier molecular flexibility index (Phi) is 4.55. The number of nitrogens with zero attached hydrogens (tertiary/aromatic N) is 2. The molecule has 1 aromatic carbocycles. The van der Waals surface area contributed by atoms with Crippen LogP contribution in [0.15, 0.2) is 51.9 Å². The summed E-state index contributed by atoms with van der Waals surface area (Å²) in [7, 11) is 0. The predicted molar refractivity (Wildman–Crippen MR) is 91.8 cm³/mol. The smallest absolute Gasteiger partial charge is 0.329 e. The van der Waals surface area contributed by atoms with E-state index >= 15 is 0 Å². The first kappa shape index (κ1) is 16.1. The van der Waals surface area contributed by atoms with E-state index < -0.39 is 0 Å². The summed E-state index contributed by atoms with van der Waals surface area (Å²) in [6, 6.07) is 10.9. The van der Waals surface area contributed by atoms with Gasteiger partial charge >= 0.3 is 5.69 Å². The van der Waals surface area contributed by atoms with Crippen LogP contribution in [0.3, 0.4) is 0 Å². The van der Waals surface area contributed by atoms with Gasteiger partial charge < -0.3 is 9.73 Å². The highest BCUT2D eigenvalue weighted by molar-refractivity contribution is 5.81. The van der Waals surface area contributed by atoms with Gasteiger partial charge in [-0.15, -0.1) is 0 Å². The van der Waals surface area contributed by atoms with Crippen LogP contribution in [0.25, 0.3) is 11.0 Å². The van der Waals surface area contributed by atoms with Crippen LogP contribution < -0.4 is 11.0 Å². The minimum atomic E-state index is -0.243. The Morgan fingerprint density at radius 1 is 1.17 bits per heavy atom. The number of benzene rings is 1. The molecule has 0 bridgehead atoms. The van der Waals surface area contributed by atoms with Gasteiger partial charge in [0.25, 0.3) is 0 Å². The molecule has 0 aliphatic carbocycles. The highest BCUT2D eigenvalue weighted by Gasteiger charge is 2.17. The van der Waals surface area contributed by atoms with Crippen molar-refractivity contribution in [3.8, 4) is 0 Å². The van der Waals surface area contributed by atoms with E-state index in [2.05, 4.69) is 5.32 Å². The number of furan rings is 1. The fraction of sp³-hybridized carbons (Fsp3) is 0.333. The summed E-state index contributed by atoms with van der Waals surface area (Å²) in [6.07, 6.45) is 2.43. The maximum atomic E-state index is 12.7. The number of hydrogen-bond donors (Lipinski definition) is 1. The van der Waals surface area contributed by atoms with E-state index in [0.717, 1.165) is 17.5 Å². The standard InChI is InChI=1S/C18H21N3O3/c1-3-10-20-14-7-4-5-8-15(14)21(18(20)23)12-17(22)19-13(2)16-9-6-11-24-16/h4-9,11,13H,3,10,12H2,1-2H3,(H,19,22). The molecule has 126 valence electrons. The van der Waals surface area contributed by atoms with Crippen molar-refractivity contribution in [1.29, 1.82) is 0 Å². The largest absolute Gasteiger partial charge is 0.467 e. The molecule has 0 aliphatic rings. The first-order valence-electron chi connectivity index (χ1n) is 8.12. The Labute approximate surface area is 139 Å². The van der Waals surface area contributed by atoms with Crippen molar-refractivity contribution in [2.24, 2.45) is 0 Å². The van der Waals surface area contributed by atoms with E-state index in [-0.39, 0.29) is 24.2 Å². The number of aryl methyl sites for hydroxylation is 1. The molecule has 1 atom stereocenters. The average Bonchev–Trinajstić information content (AvgIpc) is 3.19. The molecule has 3 aromatic rings. The zero-order valence-corrected chi connectivity index (χ0v) is 13.9. The third-order valence-corrected chi connectivity index (χ3v) is 4.02. The van der Waals surface area contributed by atoms with Crippen molar-refractivity contribution < 1.29 is 9.21 Å². The number of aromatic nitrogens is 2. The summed E-state index contributed by atoms with van der Waals surface area (Å²) < 4.78 is 8.53. The maximum absolute atomic E-state index is 12.7. The summed E-state index contributed by atoms with van der Waals surface area (Å²) in [5.74, 6) is 0.463. The van der Waals surface area contributed by atoms with Crippen molar-refractivity contribution >= 4 is 16.9 Å². The van der Waals surface area contributed by atoms with Gasteiger partial charge in [-0.25, -0.2) is 4.79 Å². The Morgan fingerprint density at radius 2 is 1.88 bits per heavy atom. The Balaban J connectivity index is 1.86. The van der Waals surface area contributed by atoms with Crippen molar-refractivity contribution in [3.05, 3.63) is 58.9 Å². The number of fused-ring (bicyclic) bond motifs is 1. The second-order valence-electron chi connectivity index (χ2n) is 5.81. The minimum Gasteiger partial charge on any atom is -0.467 e. The first-order valence-corrected chi connectivity index (χ1v) is 8.12. The third-order valence-electron chi connectivity index (χ3n) is 4.02. The molecule has 0 saturated carbocycles. The number of amides is 1. The van der Waals surface area contributed by atoms with Gasteiger partial charge in [0.15, 0.2) is 0 Å². The topological polar surface area (TPSA) is 69.2 Å². The fourth-order valence-corrected chi connectivity index (χ4v) is 2.90. The van der Waals surface area contributed by atoms with Crippen molar-refractivity contribution in [2.75, 3.05) is 0 Å². The lowest BCUT2D eigenvalue weighted by Gasteiger charge is -2.11. The van der Waals surface area contributed by atoms with Crippen LogP contribution >= 0.6 is 0 Å². The van der Waals surface area contributed by atoms with Crippen LogP contribution in [0, 0.1) is 0 Å². The summed E-state index contributed by atoms with van der Waals surface area (Å²) in [5.41, 5.74) is 1.48. The second-order valence-corrected chi connectivity index (χ2v) is 5.81. The van der Waals surface area contributed by atoms with Gasteiger partial charge in [0.05, 0.1) is 23.3 Å².